The second kappa shape index (κ2) is 54.4. The number of allylic oxidation sites excluding steroid dienone is 1. The Morgan fingerprint density at radius 3 is 1.20 bits per heavy atom. The monoisotopic (exact) mass is 2200 g/mol. The number of carbonyl (C=O) groups excluding carboxylic acids is 3. The molecule has 22 nitrogen and oxygen atoms in total. The van der Waals surface area contributed by atoms with Crippen LogP contribution in [0.3, 0.4) is 0 Å². The Morgan fingerprint density at radius 2 is 0.870 bits per heavy atom. The third-order valence-corrected chi connectivity index (χ3v) is 33.4. The molecular formula is C56H107Ba6O22P3S3Si2. The molecule has 6 aliphatic heterocycles. The van der Waals surface area contributed by atoms with Crippen LogP contribution in [0.2, 0.25) is 36.3 Å². The molecule has 36 heteroatoms. The number of hydrogen-bond acceptors (Lipinski definition) is 24. The maximum Gasteiger partial charge on any atom is 2.00 e. The topological polar surface area (TPSA) is 275 Å². The molecule has 6 saturated heterocycles. The molecule has 92 heavy (non-hydrogen) atoms. The van der Waals surface area contributed by atoms with E-state index >= 15 is 0 Å². The number of aliphatic hydroxyl groups is 2. The Bertz CT molecular complexity index is 2270. The molecule has 0 bridgehead atoms. The number of ketones is 3. The number of hydrogen-bond donors (Lipinski definition) is 3. The summed E-state index contributed by atoms with van der Waals surface area (Å²) in [6, 6.07) is 0. The van der Waals surface area contributed by atoms with Gasteiger partial charge in [0.1, 0.15) is 11.6 Å². The molecule has 3 N–H and O–H groups in total. The van der Waals surface area contributed by atoms with E-state index in [1.54, 1.807) is 26.4 Å². The summed E-state index contributed by atoms with van der Waals surface area (Å²) in [5.74, 6) is 0.699. The maximum absolute atomic E-state index is 13.6. The van der Waals surface area contributed by atoms with Gasteiger partial charge in [-0.2, -0.15) is 0 Å². The van der Waals surface area contributed by atoms with Gasteiger partial charge in [-0.05, 0) is 111 Å². The molecule has 0 spiro atoms. The fourth-order valence-corrected chi connectivity index (χ4v) is 19.2. The van der Waals surface area contributed by atoms with E-state index in [0.717, 1.165) is 35.6 Å². The van der Waals surface area contributed by atoms with E-state index in [9.17, 15) is 38.6 Å². The zero-order valence-electron chi connectivity index (χ0n) is 63.4. The number of Topliss-reactive ketones (excluding diaryl/α,β-unsaturated/α-hetero) is 2. The largest absolute Gasteiger partial charge is 2.00 e. The van der Waals surface area contributed by atoms with E-state index in [2.05, 4.69) is 74.3 Å². The van der Waals surface area contributed by atoms with Crippen molar-refractivity contribution in [2.75, 3.05) is 37.9 Å². The summed E-state index contributed by atoms with van der Waals surface area (Å²) < 4.78 is 106. The molecule has 6 aliphatic rings. The molecule has 6 fully saturated rings. The van der Waals surface area contributed by atoms with E-state index in [4.69, 9.17) is 76.2 Å². The van der Waals surface area contributed by atoms with E-state index in [0.29, 0.717) is 50.7 Å². The summed E-state index contributed by atoms with van der Waals surface area (Å²) in [6.07, 6.45) is 2.53. The minimum Gasteiger partial charge on any atom is -1.00 e. The van der Waals surface area contributed by atoms with Gasteiger partial charge in [-0.3, -0.25) is 32.5 Å². The second-order valence-electron chi connectivity index (χ2n) is 24.4. The smallest absolute Gasteiger partial charge is 1.00 e. The van der Waals surface area contributed by atoms with Crippen molar-refractivity contribution < 1.29 is 112 Å². The van der Waals surface area contributed by atoms with Crippen LogP contribution in [0.25, 0.3) is 0 Å². The first-order valence-electron chi connectivity index (χ1n) is 29.4. The molecular weight excluding hydrogens is 2090 g/mol. The van der Waals surface area contributed by atoms with Gasteiger partial charge in [0.25, 0.3) is 0 Å². The van der Waals surface area contributed by atoms with Crippen molar-refractivity contribution in [3.8, 4) is 0 Å². The van der Waals surface area contributed by atoms with Crippen LogP contribution in [0.15, 0.2) is 12.7 Å². The van der Waals surface area contributed by atoms with Gasteiger partial charge in [-0.15, -0.1) is 38.5 Å². The third kappa shape index (κ3) is 41.7. The average Bonchev–Trinajstić information content (AvgIpc) is 0.947. The van der Waals surface area contributed by atoms with E-state index < -0.39 is 61.4 Å². The van der Waals surface area contributed by atoms with Crippen LogP contribution in [0.5, 0.6) is 0 Å². The van der Waals surface area contributed by atoms with Crippen molar-refractivity contribution in [2.24, 2.45) is 0 Å². The summed E-state index contributed by atoms with van der Waals surface area (Å²) in [7, 11) is -3.90. The molecule has 0 aliphatic carbocycles. The Morgan fingerprint density at radius 1 is 0.565 bits per heavy atom. The van der Waals surface area contributed by atoms with E-state index in [1.807, 2.05) is 13.8 Å². The minimum absolute atomic E-state index is 0. The molecule has 0 aromatic carbocycles. The predicted octanol–water partition coefficient (Wildman–Crippen LogP) is 10.8. The minimum atomic E-state index is -3.61. The molecule has 0 aromatic rings. The zero-order chi connectivity index (χ0) is 64.7. The first kappa shape index (κ1) is 108. The molecule has 6 heterocycles. The fraction of sp³-hybridized carbons (Fsp3) is 0.804. The van der Waals surface area contributed by atoms with Crippen molar-refractivity contribution in [3.63, 3.8) is 0 Å². The van der Waals surface area contributed by atoms with Crippen LogP contribution in [-0.4, -0.2) is 454 Å². The molecule has 0 saturated carbocycles. The number of ether oxygens (including phenoxy) is 6. The molecule has 516 valence electrons. The fourth-order valence-electron chi connectivity index (χ4n) is 7.93. The van der Waals surface area contributed by atoms with E-state index in [1.165, 1.54) is 40.1 Å². The second-order valence-corrected chi connectivity index (χ2v) is 45.0. The Balaban J connectivity index is -0.000000136. The van der Waals surface area contributed by atoms with Crippen LogP contribution < -0.4 is 0 Å². The molecule has 6 rings (SSSR count). The number of rotatable bonds is 31. The van der Waals surface area contributed by atoms with Crippen molar-refractivity contribution in [3.05, 3.63) is 52.3 Å². The van der Waals surface area contributed by atoms with Gasteiger partial charge < -0.3 is 70.0 Å². The van der Waals surface area contributed by atoms with E-state index in [-0.39, 0.29) is 417 Å². The zero-order valence-corrected chi connectivity index (χ0v) is 91.2. The van der Waals surface area contributed by atoms with Gasteiger partial charge in [0.2, 0.25) is 0 Å². The van der Waals surface area contributed by atoms with Gasteiger partial charge in [-0.25, -0.2) is 48.8 Å². The SMILES string of the molecule is C=CC(C)=O.CC(=O)CCS[P@@](=O)(OC[C@H]1O[CH-]CC1O)OC1C[CH-]O[C@@H]1CO.CC[C@H]1O[CH-]CC1OP(O)(=S)OC[C@H]1O[CH-]CC1O[Si](C)(C)C(C)(C)C.CC[C@H]1O[CH-]CC1O[P@](=O)(OC[C@H]1O[CH-]CC1O[Si](C)(C)C(C)(C)C)SCCC(C)=O.[Ba+2].[Ba+2].[Ba+2].[Ba+2].[Ba+2].[Ba+2].[H-].[H-].[H-].[H-].[H-].[H-]. The van der Waals surface area contributed by atoms with Crippen LogP contribution in [0.4, 0.5) is 0 Å². The summed E-state index contributed by atoms with van der Waals surface area (Å²) in [5.41, 5.74) is 0. The van der Waals surface area contributed by atoms with Gasteiger partial charge >= 0.3 is 314 Å². The quantitative estimate of drug-likeness (QED) is 0.0252. The Labute approximate surface area is 817 Å². The van der Waals surface area contributed by atoms with Gasteiger partial charge in [0.15, 0.2) is 22.4 Å². The standard InChI is InChI=1S/C21H39O7PSSi.C17H33O6PSSi.C14H23O8PS.C4H6O.6Ba.6H/c1-8-17-18(9-12-24-17)27-29(23,30-14-11-16(2)22)26-15-20-19(10-13-25-20)28-31(6,7)21(3,4)5;1-7-13-14(8-10-19-13)22-24(18,25)21-12-16-15(9-11-20-16)23-26(5,6)17(2,3)4;1-10(16)4-7-24-23(18,21-9-14-11(17)2-5-20-14)22-12-3-6-19-13(12)8-15;1-3-4(2)5;;;;;;;;;;;;/h12-13,17-20H,8-11,14-15H2,1-7H3;10-11,13-16H,7-9,12H2,1-6H3,(H,18,25);5-6,11-15,17H,2-4,7-9H2,1H3;3H,1H2,2H3;;;;;;;;;;;;/q3*-2;;6*+2;6*-1/t17-,18?,19?,20-,29+;13-,14?,15?,16-,24?;11?,12?,13-,14-,23+;;;;;;;;;;;;;/m111............./s1. The Hall–Kier alpha value is 9.74. The van der Waals surface area contributed by atoms with Crippen LogP contribution >= 0.6 is 43.1 Å². The third-order valence-electron chi connectivity index (χ3n) is 15.3. The van der Waals surface area contributed by atoms with Crippen LogP contribution in [0, 0.1) is 39.6 Å². The molecule has 0 amide bonds. The Kier molecular flexibility index (Phi) is 63.9. The molecule has 15 atom stereocenters. The van der Waals surface area contributed by atoms with Crippen molar-refractivity contribution >= 4 is 382 Å². The average molecular weight is 2200 g/mol. The van der Waals surface area contributed by atoms with Crippen LogP contribution in [0.1, 0.15) is 149 Å². The first-order chi connectivity index (χ1) is 40.0. The van der Waals surface area contributed by atoms with Crippen molar-refractivity contribution in [1.29, 1.82) is 0 Å². The molecule has 0 radical (unpaired) electrons. The predicted molar refractivity (Wildman–Crippen MR) is 382 cm³/mol. The van der Waals surface area contributed by atoms with Crippen molar-refractivity contribution in [1.82, 2.24) is 0 Å². The number of aliphatic hydroxyl groups excluding tert-OH is 2. The molecule has 7 unspecified atom stereocenters. The summed E-state index contributed by atoms with van der Waals surface area (Å²) in [5, 5.41) is 19.2. The van der Waals surface area contributed by atoms with Crippen LogP contribution in [-0.2, 0) is 99.7 Å². The van der Waals surface area contributed by atoms with Gasteiger partial charge in [0, 0.05) is 48.8 Å². The first-order valence-corrected chi connectivity index (χ1v) is 44.1. The van der Waals surface area contributed by atoms with Crippen molar-refractivity contribution in [2.45, 2.75) is 250 Å². The maximum atomic E-state index is 13.6. The normalized spacial score (nSPS) is 28.0. The summed E-state index contributed by atoms with van der Waals surface area (Å²) in [6.45, 7) is 33.0. The summed E-state index contributed by atoms with van der Waals surface area (Å²) >= 11 is 7.18. The number of carbonyl (C=O) groups is 3. The summed E-state index contributed by atoms with van der Waals surface area (Å²) in [4.78, 5) is 42.5. The van der Waals surface area contributed by atoms with Gasteiger partial charge in [0.05, 0.1) is 75.3 Å². The van der Waals surface area contributed by atoms with Gasteiger partial charge in [-0.1, -0.05) is 62.0 Å². The molecule has 0 aromatic heterocycles.